The van der Waals surface area contributed by atoms with Crippen molar-refractivity contribution in [2.45, 2.75) is 66.2 Å². The maximum atomic E-state index is 9.28. The van der Waals surface area contributed by atoms with Gasteiger partial charge in [0.05, 0.1) is 0 Å². The smallest absolute Gasteiger partial charge is 0.0464 e. The van der Waals surface area contributed by atoms with Crippen molar-refractivity contribution in [3.63, 3.8) is 0 Å². The van der Waals surface area contributed by atoms with Gasteiger partial charge in [0, 0.05) is 47.3 Å². The Labute approximate surface area is 310 Å². The lowest BCUT2D eigenvalue weighted by Gasteiger charge is -2.27. The van der Waals surface area contributed by atoms with Crippen LogP contribution in [-0.4, -0.2) is 23.4 Å². The molecule has 4 heteroatoms. The molecule has 0 unspecified atom stereocenters. The Balaban J connectivity index is 1.19. The fourth-order valence-corrected chi connectivity index (χ4v) is 6.73. The first kappa shape index (κ1) is 36.6. The highest BCUT2D eigenvalue weighted by atomic mass is 16.3. The van der Waals surface area contributed by atoms with E-state index in [-0.39, 0.29) is 13.2 Å². The second kappa shape index (κ2) is 17.4. The van der Waals surface area contributed by atoms with E-state index in [9.17, 15) is 10.2 Å². The molecule has 0 atom stereocenters. The summed E-state index contributed by atoms with van der Waals surface area (Å²) in [5.41, 5.74) is 17.0. The van der Waals surface area contributed by atoms with Gasteiger partial charge in [-0.05, 0) is 184 Å². The van der Waals surface area contributed by atoms with E-state index in [0.717, 1.165) is 72.6 Å². The van der Waals surface area contributed by atoms with E-state index in [1.54, 1.807) is 0 Å². The zero-order valence-electron chi connectivity index (χ0n) is 31.1. The van der Waals surface area contributed by atoms with Crippen LogP contribution in [0.1, 0.15) is 57.3 Å². The number of hydrogen-bond donors (Lipinski definition) is 2. The third-order valence-corrected chi connectivity index (χ3v) is 10.2. The predicted molar refractivity (Wildman–Crippen MR) is 219 cm³/mol. The minimum absolute atomic E-state index is 0.212. The Morgan fingerprint density at radius 1 is 0.327 bits per heavy atom. The van der Waals surface area contributed by atoms with Gasteiger partial charge in [-0.2, -0.15) is 0 Å². The summed E-state index contributed by atoms with van der Waals surface area (Å²) in [4.78, 5) is 4.66. The largest absolute Gasteiger partial charge is 0.396 e. The van der Waals surface area contributed by atoms with E-state index < -0.39 is 0 Å². The lowest BCUT2D eigenvalue weighted by Crippen LogP contribution is -2.11. The highest BCUT2D eigenvalue weighted by Gasteiger charge is 2.15. The number of aliphatic hydroxyl groups excluding tert-OH is 2. The summed E-state index contributed by atoms with van der Waals surface area (Å²) in [7, 11) is 0. The maximum absolute atomic E-state index is 9.28. The fraction of sp³-hybridized carbons (Fsp3) is 0.250. The third kappa shape index (κ3) is 9.00. The molecule has 0 bridgehead atoms. The van der Waals surface area contributed by atoms with Gasteiger partial charge in [-0.1, -0.05) is 60.7 Å². The maximum Gasteiger partial charge on any atom is 0.0464 e. The summed E-state index contributed by atoms with van der Waals surface area (Å²) < 4.78 is 0. The molecule has 6 aromatic rings. The number of aliphatic hydroxyl groups is 2. The second-order valence-electron chi connectivity index (χ2n) is 14.0. The molecule has 0 fully saturated rings. The summed E-state index contributed by atoms with van der Waals surface area (Å²) in [6, 6.07) is 48.8. The lowest BCUT2D eigenvalue weighted by molar-refractivity contribution is 0.288. The van der Waals surface area contributed by atoms with Crippen LogP contribution in [0.2, 0.25) is 0 Å². The van der Waals surface area contributed by atoms with Gasteiger partial charge in [0.15, 0.2) is 0 Å². The van der Waals surface area contributed by atoms with E-state index in [0.29, 0.717) is 0 Å². The number of anilines is 6. The van der Waals surface area contributed by atoms with Gasteiger partial charge in [-0.15, -0.1) is 0 Å². The molecule has 0 saturated heterocycles. The Hall–Kier alpha value is -5.16. The zero-order chi connectivity index (χ0) is 36.5. The van der Waals surface area contributed by atoms with Gasteiger partial charge in [0.25, 0.3) is 0 Å². The van der Waals surface area contributed by atoms with Crippen LogP contribution in [0.5, 0.6) is 0 Å². The molecule has 0 amide bonds. The van der Waals surface area contributed by atoms with E-state index in [2.05, 4.69) is 171 Å². The van der Waals surface area contributed by atoms with Crippen LogP contribution in [-0.2, 0) is 25.7 Å². The molecule has 0 heterocycles. The van der Waals surface area contributed by atoms with E-state index in [4.69, 9.17) is 0 Å². The number of hydrogen-bond acceptors (Lipinski definition) is 4. The van der Waals surface area contributed by atoms with E-state index >= 15 is 0 Å². The summed E-state index contributed by atoms with van der Waals surface area (Å²) in [5.74, 6) is 0. The summed E-state index contributed by atoms with van der Waals surface area (Å²) in [6.07, 6.45) is 5.22. The van der Waals surface area contributed by atoms with Crippen molar-refractivity contribution >= 4 is 34.1 Å². The molecule has 0 aliphatic carbocycles. The molecule has 266 valence electrons. The lowest BCUT2D eigenvalue weighted by atomic mass is 10.0. The molecule has 0 spiro atoms. The summed E-state index contributed by atoms with van der Waals surface area (Å²) in [5, 5.41) is 18.6. The molecular weight excluding hydrogens is 637 g/mol. The van der Waals surface area contributed by atoms with Crippen molar-refractivity contribution in [3.05, 3.63) is 178 Å². The summed E-state index contributed by atoms with van der Waals surface area (Å²) >= 11 is 0. The molecule has 0 aliphatic heterocycles. The first-order valence-corrected chi connectivity index (χ1v) is 18.6. The van der Waals surface area contributed by atoms with Crippen LogP contribution in [0.4, 0.5) is 34.1 Å². The second-order valence-corrected chi connectivity index (χ2v) is 14.0. The number of nitrogens with zero attached hydrogens (tertiary/aromatic N) is 2. The molecular formula is C48H52N2O2. The first-order valence-electron chi connectivity index (χ1n) is 18.6. The highest BCUT2D eigenvalue weighted by molar-refractivity contribution is 5.78. The minimum atomic E-state index is 0.212. The molecule has 4 nitrogen and oxygen atoms in total. The SMILES string of the molecule is Cc1ccc(N(c2ccc(CCCO)cc2)c2ccc(CCc3ccc(N(c4ccc(CCCO)cc4)c4ccc(C)c(C)c4)cc3)cc2)cc1C. The summed E-state index contributed by atoms with van der Waals surface area (Å²) in [6.45, 7) is 9.08. The average Bonchev–Trinajstić information content (AvgIpc) is 3.17. The zero-order valence-corrected chi connectivity index (χ0v) is 31.1. The number of rotatable bonds is 15. The van der Waals surface area contributed by atoms with E-state index in [1.165, 1.54) is 44.5 Å². The van der Waals surface area contributed by atoms with Gasteiger partial charge in [0.2, 0.25) is 0 Å². The van der Waals surface area contributed by atoms with Crippen LogP contribution in [0.25, 0.3) is 0 Å². The molecule has 0 radical (unpaired) electrons. The Morgan fingerprint density at radius 2 is 0.596 bits per heavy atom. The Kier molecular flexibility index (Phi) is 12.2. The molecule has 2 N–H and O–H groups in total. The van der Waals surface area contributed by atoms with Crippen LogP contribution < -0.4 is 9.80 Å². The Bertz CT molecular complexity index is 1880. The predicted octanol–water partition coefficient (Wildman–Crippen LogP) is 11.5. The Morgan fingerprint density at radius 3 is 0.865 bits per heavy atom. The van der Waals surface area contributed by atoms with Crippen LogP contribution >= 0.6 is 0 Å². The van der Waals surface area contributed by atoms with Crippen molar-refractivity contribution in [2.75, 3.05) is 23.0 Å². The normalized spacial score (nSPS) is 11.1. The molecule has 6 rings (SSSR count). The van der Waals surface area contributed by atoms with Crippen LogP contribution in [0.3, 0.4) is 0 Å². The standard InChI is InChI=1S/C48H52N2O2/c1-35-9-21-47(33-37(35)3)49(43-23-13-39(14-24-43)7-5-31-51)45-27-17-41(18-28-45)11-12-42-19-29-46(30-20-42)50(48-22-10-36(2)38(4)34-48)44-25-15-40(16-26-44)8-6-32-52/h9-10,13-30,33-34,51-52H,5-8,11-12,31-32H2,1-4H3. The third-order valence-electron chi connectivity index (χ3n) is 10.2. The van der Waals surface area contributed by atoms with Gasteiger partial charge in [0.1, 0.15) is 0 Å². The number of benzene rings is 6. The number of aryl methyl sites for hydroxylation is 8. The molecule has 6 aromatic carbocycles. The van der Waals surface area contributed by atoms with Crippen molar-refractivity contribution in [1.29, 1.82) is 0 Å². The topological polar surface area (TPSA) is 46.9 Å². The van der Waals surface area contributed by atoms with Crippen molar-refractivity contribution < 1.29 is 10.2 Å². The van der Waals surface area contributed by atoms with Gasteiger partial charge in [-0.3, -0.25) is 0 Å². The minimum Gasteiger partial charge on any atom is -0.396 e. The molecule has 52 heavy (non-hydrogen) atoms. The van der Waals surface area contributed by atoms with Crippen molar-refractivity contribution in [3.8, 4) is 0 Å². The van der Waals surface area contributed by atoms with Crippen molar-refractivity contribution in [2.24, 2.45) is 0 Å². The van der Waals surface area contributed by atoms with Crippen LogP contribution in [0.15, 0.2) is 133 Å². The fourth-order valence-electron chi connectivity index (χ4n) is 6.73. The monoisotopic (exact) mass is 688 g/mol. The van der Waals surface area contributed by atoms with Gasteiger partial charge >= 0.3 is 0 Å². The average molecular weight is 689 g/mol. The first-order chi connectivity index (χ1) is 25.3. The van der Waals surface area contributed by atoms with Gasteiger partial charge < -0.3 is 20.0 Å². The molecule has 0 saturated carbocycles. The molecule has 0 aromatic heterocycles. The quantitative estimate of drug-likeness (QED) is 0.113. The highest BCUT2D eigenvalue weighted by Crippen LogP contribution is 2.37. The van der Waals surface area contributed by atoms with E-state index in [1.807, 2.05) is 0 Å². The van der Waals surface area contributed by atoms with Crippen LogP contribution in [0, 0.1) is 27.7 Å². The van der Waals surface area contributed by atoms with Gasteiger partial charge in [-0.25, -0.2) is 0 Å². The molecule has 0 aliphatic rings. The van der Waals surface area contributed by atoms with Crippen molar-refractivity contribution in [1.82, 2.24) is 0 Å².